The Bertz CT molecular complexity index is 781. The van der Waals surface area contributed by atoms with E-state index >= 15 is 0 Å². The van der Waals surface area contributed by atoms with E-state index in [1.54, 1.807) is 55.6 Å². The van der Waals surface area contributed by atoms with E-state index in [1.165, 1.54) is 0 Å². The molecule has 1 aliphatic rings. The zero-order chi connectivity index (χ0) is 17.1. The number of imide groups is 1. The quantitative estimate of drug-likeness (QED) is 0.674. The van der Waals surface area contributed by atoms with Gasteiger partial charge in [0.2, 0.25) is 0 Å². The molecule has 122 valence electrons. The van der Waals surface area contributed by atoms with Crippen LogP contribution in [0.15, 0.2) is 48.5 Å². The lowest BCUT2D eigenvalue weighted by Crippen LogP contribution is -2.33. The van der Waals surface area contributed by atoms with E-state index in [0.717, 1.165) is 4.90 Å². The summed E-state index contributed by atoms with van der Waals surface area (Å²) in [7, 11) is 1.71. The van der Waals surface area contributed by atoms with Crippen molar-refractivity contribution in [1.82, 2.24) is 4.90 Å². The first kappa shape index (κ1) is 15.7. The molecule has 2 amide bonds. The second kappa shape index (κ2) is 6.54. The third-order valence-corrected chi connectivity index (χ3v) is 3.84. The number of carbonyl (C=O) groups excluding carboxylic acids is 3. The Hall–Kier alpha value is -3.15. The standard InChI is InChI=1S/C18H16N2O4/c1-19-15-9-5-4-8-14(15)18(23)24-11-10-20-16(21)12-6-2-3-7-13(12)17(20)22/h2-9,19H,10-11H2,1H3. The number of para-hydroxylation sites is 1. The van der Waals surface area contributed by atoms with Crippen molar-refractivity contribution in [1.29, 1.82) is 0 Å². The highest BCUT2D eigenvalue weighted by atomic mass is 16.5. The van der Waals surface area contributed by atoms with Crippen LogP contribution in [0.25, 0.3) is 0 Å². The predicted octanol–water partition coefficient (Wildman–Crippen LogP) is 2.18. The second-order valence-electron chi connectivity index (χ2n) is 5.24. The molecule has 0 radical (unpaired) electrons. The van der Waals surface area contributed by atoms with E-state index in [4.69, 9.17) is 4.74 Å². The number of hydrogen-bond acceptors (Lipinski definition) is 5. The SMILES string of the molecule is CNc1ccccc1C(=O)OCCN1C(=O)c2ccccc2C1=O. The van der Waals surface area contributed by atoms with Gasteiger partial charge in [0.05, 0.1) is 23.2 Å². The minimum atomic E-state index is -0.503. The summed E-state index contributed by atoms with van der Waals surface area (Å²) in [4.78, 5) is 37.6. The van der Waals surface area contributed by atoms with Crippen molar-refractivity contribution >= 4 is 23.5 Å². The van der Waals surface area contributed by atoms with Crippen molar-refractivity contribution < 1.29 is 19.1 Å². The maximum Gasteiger partial charge on any atom is 0.340 e. The van der Waals surface area contributed by atoms with E-state index in [2.05, 4.69) is 5.32 Å². The molecule has 1 N–H and O–H groups in total. The van der Waals surface area contributed by atoms with Crippen LogP contribution in [-0.4, -0.2) is 42.9 Å². The summed E-state index contributed by atoms with van der Waals surface area (Å²) in [5.41, 5.74) is 1.83. The number of nitrogens with one attached hydrogen (secondary N) is 1. The maximum atomic E-state index is 12.2. The normalized spacial score (nSPS) is 13.0. The molecule has 6 nitrogen and oxygen atoms in total. The zero-order valence-electron chi connectivity index (χ0n) is 13.1. The highest BCUT2D eigenvalue weighted by Crippen LogP contribution is 2.22. The summed E-state index contributed by atoms with van der Waals surface area (Å²) >= 11 is 0. The lowest BCUT2D eigenvalue weighted by Gasteiger charge is -2.14. The van der Waals surface area contributed by atoms with Crippen molar-refractivity contribution in [2.45, 2.75) is 0 Å². The fourth-order valence-electron chi connectivity index (χ4n) is 2.63. The van der Waals surface area contributed by atoms with Gasteiger partial charge in [-0.2, -0.15) is 0 Å². The average Bonchev–Trinajstić information content (AvgIpc) is 2.86. The van der Waals surface area contributed by atoms with Gasteiger partial charge in [-0.25, -0.2) is 4.79 Å². The number of esters is 1. The highest BCUT2D eigenvalue weighted by Gasteiger charge is 2.34. The molecule has 0 aliphatic carbocycles. The van der Waals surface area contributed by atoms with Gasteiger partial charge in [-0.1, -0.05) is 24.3 Å². The Morgan fingerprint density at radius 3 is 2.21 bits per heavy atom. The number of fused-ring (bicyclic) bond motifs is 1. The fourth-order valence-corrected chi connectivity index (χ4v) is 2.63. The molecule has 0 saturated heterocycles. The molecule has 2 aromatic rings. The predicted molar refractivity (Wildman–Crippen MR) is 88.1 cm³/mol. The molecular formula is C18H16N2O4. The van der Waals surface area contributed by atoms with Crippen LogP contribution in [0.2, 0.25) is 0 Å². The summed E-state index contributed by atoms with van der Waals surface area (Å²) in [5, 5.41) is 2.91. The van der Waals surface area contributed by atoms with Gasteiger partial charge < -0.3 is 10.1 Å². The van der Waals surface area contributed by atoms with Crippen LogP contribution in [0.4, 0.5) is 5.69 Å². The van der Waals surface area contributed by atoms with Crippen LogP contribution in [0.3, 0.4) is 0 Å². The summed E-state index contributed by atoms with van der Waals surface area (Å²) in [6.07, 6.45) is 0. The molecule has 24 heavy (non-hydrogen) atoms. The molecule has 2 aromatic carbocycles. The van der Waals surface area contributed by atoms with Crippen molar-refractivity contribution in [2.75, 3.05) is 25.5 Å². The van der Waals surface area contributed by atoms with E-state index in [9.17, 15) is 14.4 Å². The molecule has 0 fully saturated rings. The summed E-state index contributed by atoms with van der Waals surface area (Å²) in [5.74, 6) is -1.22. The second-order valence-corrected chi connectivity index (χ2v) is 5.24. The first-order valence-electron chi connectivity index (χ1n) is 7.52. The maximum absolute atomic E-state index is 12.2. The molecule has 0 aromatic heterocycles. The van der Waals surface area contributed by atoms with Gasteiger partial charge >= 0.3 is 5.97 Å². The van der Waals surface area contributed by atoms with Crippen molar-refractivity contribution in [2.24, 2.45) is 0 Å². The van der Waals surface area contributed by atoms with Crippen LogP contribution >= 0.6 is 0 Å². The number of anilines is 1. The Balaban J connectivity index is 1.62. The van der Waals surface area contributed by atoms with Gasteiger partial charge in [0.1, 0.15) is 6.61 Å². The Morgan fingerprint density at radius 2 is 1.58 bits per heavy atom. The molecule has 0 bridgehead atoms. The molecule has 0 atom stereocenters. The first-order chi connectivity index (χ1) is 11.6. The van der Waals surface area contributed by atoms with E-state index in [1.807, 2.05) is 0 Å². The van der Waals surface area contributed by atoms with Crippen LogP contribution in [0, 0.1) is 0 Å². The number of rotatable bonds is 5. The third-order valence-electron chi connectivity index (χ3n) is 3.84. The minimum absolute atomic E-state index is 0.0276. The molecule has 0 unspecified atom stereocenters. The Labute approximate surface area is 139 Å². The molecular weight excluding hydrogens is 308 g/mol. The van der Waals surface area contributed by atoms with Gasteiger partial charge in [-0.15, -0.1) is 0 Å². The summed E-state index contributed by atoms with van der Waals surface area (Å²) in [6.45, 7) is -0.0256. The van der Waals surface area contributed by atoms with E-state index in [-0.39, 0.29) is 25.0 Å². The van der Waals surface area contributed by atoms with Crippen LogP contribution < -0.4 is 5.32 Å². The third kappa shape index (κ3) is 2.74. The van der Waals surface area contributed by atoms with Gasteiger partial charge in [0.15, 0.2) is 0 Å². The smallest absolute Gasteiger partial charge is 0.340 e. The van der Waals surface area contributed by atoms with Gasteiger partial charge in [-0.05, 0) is 24.3 Å². The van der Waals surface area contributed by atoms with Crippen molar-refractivity contribution in [3.63, 3.8) is 0 Å². The first-order valence-corrected chi connectivity index (χ1v) is 7.52. The number of ether oxygens (including phenoxy) is 1. The monoisotopic (exact) mass is 324 g/mol. The van der Waals surface area contributed by atoms with Crippen LogP contribution in [-0.2, 0) is 4.74 Å². The van der Waals surface area contributed by atoms with Gasteiger partial charge in [0, 0.05) is 12.7 Å². The zero-order valence-corrected chi connectivity index (χ0v) is 13.1. The Morgan fingerprint density at radius 1 is 1.00 bits per heavy atom. The number of hydrogen-bond donors (Lipinski definition) is 1. The summed E-state index contributed by atoms with van der Waals surface area (Å²) < 4.78 is 5.20. The highest BCUT2D eigenvalue weighted by molar-refractivity contribution is 6.21. The van der Waals surface area contributed by atoms with Gasteiger partial charge in [-0.3, -0.25) is 14.5 Å². The lowest BCUT2D eigenvalue weighted by molar-refractivity contribution is 0.0421. The minimum Gasteiger partial charge on any atom is -0.460 e. The van der Waals surface area contributed by atoms with Crippen LogP contribution in [0.5, 0.6) is 0 Å². The van der Waals surface area contributed by atoms with Crippen molar-refractivity contribution in [3.8, 4) is 0 Å². The fraction of sp³-hybridized carbons (Fsp3) is 0.167. The van der Waals surface area contributed by atoms with E-state index in [0.29, 0.717) is 22.4 Å². The Kier molecular flexibility index (Phi) is 4.29. The summed E-state index contributed by atoms with van der Waals surface area (Å²) in [6, 6.07) is 13.6. The number of amides is 2. The average molecular weight is 324 g/mol. The lowest BCUT2D eigenvalue weighted by atomic mass is 10.1. The number of carbonyl (C=O) groups is 3. The topological polar surface area (TPSA) is 75.7 Å². The number of nitrogens with zero attached hydrogens (tertiary/aromatic N) is 1. The number of benzene rings is 2. The largest absolute Gasteiger partial charge is 0.460 e. The molecule has 1 heterocycles. The molecule has 0 spiro atoms. The van der Waals surface area contributed by atoms with Crippen molar-refractivity contribution in [3.05, 3.63) is 65.2 Å². The molecule has 3 rings (SSSR count). The van der Waals surface area contributed by atoms with E-state index < -0.39 is 5.97 Å². The molecule has 1 aliphatic heterocycles. The van der Waals surface area contributed by atoms with Crippen LogP contribution in [0.1, 0.15) is 31.1 Å². The van der Waals surface area contributed by atoms with Gasteiger partial charge in [0.25, 0.3) is 11.8 Å². The molecule has 0 saturated carbocycles. The molecule has 6 heteroatoms.